The second-order valence-electron chi connectivity index (χ2n) is 6.73. The molecule has 2 amide bonds. The van der Waals surface area contributed by atoms with Gasteiger partial charge in [0.15, 0.2) is 5.79 Å². The molecule has 2 aliphatic rings. The van der Waals surface area contributed by atoms with E-state index in [4.69, 9.17) is 19.0 Å². The van der Waals surface area contributed by atoms with E-state index in [1.165, 1.54) is 0 Å². The molecule has 0 spiro atoms. The maximum atomic E-state index is 12.5. The Labute approximate surface area is 152 Å². The molecule has 2 aliphatic heterocycles. The van der Waals surface area contributed by atoms with E-state index in [1.807, 2.05) is 44.2 Å². The molecule has 1 N–H and O–H groups in total. The zero-order valence-electron chi connectivity index (χ0n) is 15.0. The van der Waals surface area contributed by atoms with Crippen LogP contribution in [0.2, 0.25) is 0 Å². The van der Waals surface area contributed by atoms with Gasteiger partial charge in [0.05, 0.1) is 25.8 Å². The fourth-order valence-electron chi connectivity index (χ4n) is 2.89. The van der Waals surface area contributed by atoms with Crippen molar-refractivity contribution in [1.82, 2.24) is 10.4 Å². The second kappa shape index (κ2) is 8.13. The Kier molecular flexibility index (Phi) is 5.87. The standard InChI is InChI=1S/C18H24N2O6/c1-18(2)24-12-15(26-18)14(10-16(21)20-8-9-23-17(20)22)19-25-11-13-6-4-3-5-7-13/h3-7,14-15,19H,8-12H2,1-2H3/t14-,15+/m0/s1. The highest BCUT2D eigenvalue weighted by Crippen LogP contribution is 2.26. The highest BCUT2D eigenvalue weighted by atomic mass is 16.7. The number of cyclic esters (lactones) is 1. The Bertz CT molecular complexity index is 636. The van der Waals surface area contributed by atoms with Crippen molar-refractivity contribution in [2.45, 2.75) is 44.8 Å². The first-order chi connectivity index (χ1) is 12.4. The Morgan fingerprint density at radius 2 is 2.15 bits per heavy atom. The third-order valence-electron chi connectivity index (χ3n) is 4.25. The van der Waals surface area contributed by atoms with Crippen molar-refractivity contribution < 1.29 is 28.6 Å². The van der Waals surface area contributed by atoms with Crippen LogP contribution < -0.4 is 5.48 Å². The first-order valence-corrected chi connectivity index (χ1v) is 8.65. The predicted octanol–water partition coefficient (Wildman–Crippen LogP) is 1.60. The van der Waals surface area contributed by atoms with Crippen molar-refractivity contribution in [3.63, 3.8) is 0 Å². The number of hydrogen-bond acceptors (Lipinski definition) is 7. The molecular weight excluding hydrogens is 340 g/mol. The normalized spacial score (nSPS) is 23.1. The van der Waals surface area contributed by atoms with Crippen LogP contribution in [0.15, 0.2) is 30.3 Å². The largest absolute Gasteiger partial charge is 0.447 e. The van der Waals surface area contributed by atoms with Gasteiger partial charge in [0, 0.05) is 6.42 Å². The molecule has 26 heavy (non-hydrogen) atoms. The molecule has 1 aromatic carbocycles. The minimum absolute atomic E-state index is 0.0357. The monoisotopic (exact) mass is 364 g/mol. The lowest BCUT2D eigenvalue weighted by atomic mass is 10.1. The van der Waals surface area contributed by atoms with E-state index in [9.17, 15) is 9.59 Å². The van der Waals surface area contributed by atoms with Gasteiger partial charge < -0.3 is 14.2 Å². The molecule has 0 bridgehead atoms. The van der Waals surface area contributed by atoms with Crippen molar-refractivity contribution in [2.24, 2.45) is 0 Å². The molecule has 0 aliphatic carbocycles. The van der Waals surface area contributed by atoms with Crippen LogP contribution in [0.1, 0.15) is 25.8 Å². The Balaban J connectivity index is 1.59. The summed E-state index contributed by atoms with van der Waals surface area (Å²) in [5.41, 5.74) is 3.91. The van der Waals surface area contributed by atoms with Crippen LogP contribution in [-0.2, 0) is 30.4 Å². The molecule has 2 saturated heterocycles. The fourth-order valence-corrected chi connectivity index (χ4v) is 2.89. The summed E-state index contributed by atoms with van der Waals surface area (Å²) in [6.07, 6.45) is -0.945. The van der Waals surface area contributed by atoms with Gasteiger partial charge in [-0.05, 0) is 19.4 Å². The lowest BCUT2D eigenvalue weighted by Gasteiger charge is -2.25. The maximum absolute atomic E-state index is 12.5. The van der Waals surface area contributed by atoms with Gasteiger partial charge in [-0.15, -0.1) is 0 Å². The summed E-state index contributed by atoms with van der Waals surface area (Å²) in [6, 6.07) is 9.21. The molecule has 0 unspecified atom stereocenters. The van der Waals surface area contributed by atoms with E-state index in [1.54, 1.807) is 0 Å². The number of carbonyl (C=O) groups is 2. The second-order valence-corrected chi connectivity index (χ2v) is 6.73. The lowest BCUT2D eigenvalue weighted by molar-refractivity contribution is -0.152. The van der Waals surface area contributed by atoms with Gasteiger partial charge in [0.25, 0.3) is 0 Å². The summed E-state index contributed by atoms with van der Waals surface area (Å²) in [5, 5.41) is 0. The first-order valence-electron chi connectivity index (χ1n) is 8.65. The average Bonchev–Trinajstić information content (AvgIpc) is 3.20. The number of rotatable bonds is 7. The number of ether oxygens (including phenoxy) is 3. The molecule has 2 heterocycles. The minimum Gasteiger partial charge on any atom is -0.447 e. The van der Waals surface area contributed by atoms with Gasteiger partial charge in [0.1, 0.15) is 12.7 Å². The Morgan fingerprint density at radius 1 is 1.38 bits per heavy atom. The quantitative estimate of drug-likeness (QED) is 0.736. The number of hydroxylamine groups is 1. The van der Waals surface area contributed by atoms with E-state index >= 15 is 0 Å². The van der Waals surface area contributed by atoms with Gasteiger partial charge in [-0.2, -0.15) is 5.48 Å². The zero-order valence-corrected chi connectivity index (χ0v) is 15.0. The summed E-state index contributed by atoms with van der Waals surface area (Å²) in [5.74, 6) is -1.05. The zero-order chi connectivity index (χ0) is 18.6. The smallest absolute Gasteiger partial charge is 0.416 e. The van der Waals surface area contributed by atoms with E-state index in [0.29, 0.717) is 13.2 Å². The first kappa shape index (κ1) is 18.8. The van der Waals surface area contributed by atoms with E-state index in [0.717, 1.165) is 10.5 Å². The van der Waals surface area contributed by atoms with Crippen molar-refractivity contribution >= 4 is 12.0 Å². The molecular formula is C18H24N2O6. The number of hydrogen-bond donors (Lipinski definition) is 1. The van der Waals surface area contributed by atoms with Gasteiger partial charge in [-0.3, -0.25) is 9.63 Å². The number of nitrogens with one attached hydrogen (secondary N) is 1. The number of imide groups is 1. The molecule has 8 nitrogen and oxygen atoms in total. The lowest BCUT2D eigenvalue weighted by Crippen LogP contribution is -2.46. The molecule has 0 radical (unpaired) electrons. The predicted molar refractivity (Wildman–Crippen MR) is 90.7 cm³/mol. The highest BCUT2D eigenvalue weighted by molar-refractivity contribution is 5.93. The molecule has 1 aromatic rings. The Hall–Kier alpha value is -2.00. The van der Waals surface area contributed by atoms with Crippen LogP contribution in [0.25, 0.3) is 0 Å². The summed E-state index contributed by atoms with van der Waals surface area (Å²) in [6.45, 7) is 4.79. The van der Waals surface area contributed by atoms with E-state index in [-0.39, 0.29) is 31.6 Å². The molecule has 2 atom stereocenters. The number of carbonyl (C=O) groups excluding carboxylic acids is 2. The molecule has 2 fully saturated rings. The molecule has 142 valence electrons. The average molecular weight is 364 g/mol. The van der Waals surface area contributed by atoms with Crippen molar-refractivity contribution in [3.8, 4) is 0 Å². The Morgan fingerprint density at radius 3 is 2.77 bits per heavy atom. The van der Waals surface area contributed by atoms with Crippen molar-refractivity contribution in [1.29, 1.82) is 0 Å². The summed E-state index contributed by atoms with van der Waals surface area (Å²) >= 11 is 0. The van der Waals surface area contributed by atoms with Gasteiger partial charge >= 0.3 is 6.09 Å². The van der Waals surface area contributed by atoms with Crippen molar-refractivity contribution in [3.05, 3.63) is 35.9 Å². The highest BCUT2D eigenvalue weighted by Gasteiger charge is 2.40. The topological polar surface area (TPSA) is 86.3 Å². The summed E-state index contributed by atoms with van der Waals surface area (Å²) in [4.78, 5) is 30.7. The number of amides is 2. The summed E-state index contributed by atoms with van der Waals surface area (Å²) in [7, 11) is 0. The van der Waals surface area contributed by atoms with Crippen LogP contribution in [0.5, 0.6) is 0 Å². The van der Waals surface area contributed by atoms with Crippen LogP contribution in [0, 0.1) is 0 Å². The SMILES string of the molecule is CC1(C)OC[C@H]([C@H](CC(=O)N2CCOC2=O)NOCc2ccccc2)O1. The van der Waals surface area contributed by atoms with Crippen LogP contribution in [0.4, 0.5) is 4.79 Å². The molecule has 0 saturated carbocycles. The molecule has 0 aromatic heterocycles. The van der Waals surface area contributed by atoms with Crippen LogP contribution in [0.3, 0.4) is 0 Å². The molecule has 3 rings (SSSR count). The number of benzene rings is 1. The number of nitrogens with zero attached hydrogens (tertiary/aromatic N) is 1. The van der Waals surface area contributed by atoms with Crippen LogP contribution >= 0.6 is 0 Å². The van der Waals surface area contributed by atoms with Gasteiger partial charge in [0.2, 0.25) is 5.91 Å². The third kappa shape index (κ3) is 4.79. The molecule has 8 heteroatoms. The van der Waals surface area contributed by atoms with E-state index in [2.05, 4.69) is 5.48 Å². The van der Waals surface area contributed by atoms with Crippen molar-refractivity contribution in [2.75, 3.05) is 19.8 Å². The minimum atomic E-state index is -0.723. The third-order valence-corrected chi connectivity index (χ3v) is 4.25. The fraction of sp³-hybridized carbons (Fsp3) is 0.556. The summed E-state index contributed by atoms with van der Waals surface area (Å²) < 4.78 is 16.3. The van der Waals surface area contributed by atoms with Crippen LogP contribution in [-0.4, -0.2) is 54.6 Å². The van der Waals surface area contributed by atoms with E-state index < -0.39 is 17.9 Å². The van der Waals surface area contributed by atoms with Gasteiger partial charge in [-0.1, -0.05) is 30.3 Å². The maximum Gasteiger partial charge on any atom is 0.416 e. The van der Waals surface area contributed by atoms with Gasteiger partial charge in [-0.25, -0.2) is 9.69 Å².